The highest BCUT2D eigenvalue weighted by molar-refractivity contribution is 8.00. The normalized spacial score (nSPS) is 32.2. The lowest BCUT2D eigenvalue weighted by molar-refractivity contribution is -0.0819. The van der Waals surface area contributed by atoms with Crippen molar-refractivity contribution >= 4 is 17.6 Å². The van der Waals surface area contributed by atoms with E-state index in [1.165, 1.54) is 0 Å². The number of nitrogens with two attached hydrogens (primary N) is 1. The molecule has 3 N–H and O–H groups in total. The van der Waals surface area contributed by atoms with Gasteiger partial charge in [0.15, 0.2) is 5.84 Å². The Hall–Kier alpha value is -0.460. The van der Waals surface area contributed by atoms with Crippen LogP contribution in [0.1, 0.15) is 47.0 Å². The number of amidine groups is 1. The number of ether oxygens (including phenoxy) is 1. The molecule has 1 atom stereocenters. The minimum atomic E-state index is -0.218. The molecule has 5 nitrogen and oxygen atoms in total. The number of oxime groups is 1. The highest BCUT2D eigenvalue weighted by atomic mass is 32.2. The van der Waals surface area contributed by atoms with Gasteiger partial charge in [-0.15, -0.1) is 0 Å². The van der Waals surface area contributed by atoms with E-state index in [1.807, 2.05) is 6.26 Å². The maximum atomic E-state index is 9.03. The van der Waals surface area contributed by atoms with Crippen LogP contribution in [0.5, 0.6) is 0 Å². The maximum Gasteiger partial charge on any atom is 0.155 e. The van der Waals surface area contributed by atoms with Crippen molar-refractivity contribution in [2.24, 2.45) is 10.9 Å². The molecule has 0 saturated carbocycles. The SMILES string of the molecule is CSC1(C(N)=NO)CCN(C2CC(C)(C)OC2(C)C)CC1. The van der Waals surface area contributed by atoms with Gasteiger partial charge in [0.1, 0.15) is 0 Å². The van der Waals surface area contributed by atoms with Crippen molar-refractivity contribution in [3.8, 4) is 0 Å². The van der Waals surface area contributed by atoms with Crippen molar-refractivity contribution < 1.29 is 9.94 Å². The van der Waals surface area contributed by atoms with E-state index in [0.29, 0.717) is 11.9 Å². The zero-order chi connectivity index (χ0) is 15.9. The van der Waals surface area contributed by atoms with Crippen molar-refractivity contribution in [1.29, 1.82) is 0 Å². The van der Waals surface area contributed by atoms with Crippen LogP contribution in [-0.4, -0.2) is 57.3 Å². The third-order valence-electron chi connectivity index (χ3n) is 5.04. The van der Waals surface area contributed by atoms with Crippen LogP contribution in [0.2, 0.25) is 0 Å². The zero-order valence-electron chi connectivity index (χ0n) is 13.8. The molecule has 1 unspecified atom stereocenters. The van der Waals surface area contributed by atoms with Crippen molar-refractivity contribution in [2.45, 2.75) is 68.9 Å². The Morgan fingerprint density at radius 1 is 1.29 bits per heavy atom. The van der Waals surface area contributed by atoms with Crippen LogP contribution in [0, 0.1) is 0 Å². The first kappa shape index (κ1) is 16.9. The first-order valence-electron chi connectivity index (χ1n) is 7.63. The van der Waals surface area contributed by atoms with Crippen LogP contribution in [0.25, 0.3) is 0 Å². The molecule has 21 heavy (non-hydrogen) atoms. The third kappa shape index (κ3) is 3.17. The van der Waals surface area contributed by atoms with Crippen LogP contribution in [0.15, 0.2) is 5.16 Å². The zero-order valence-corrected chi connectivity index (χ0v) is 14.7. The van der Waals surface area contributed by atoms with Crippen LogP contribution in [0.4, 0.5) is 0 Å². The largest absolute Gasteiger partial charge is 0.409 e. The number of likely N-dealkylation sites (tertiary alicyclic amines) is 1. The average Bonchev–Trinajstić information content (AvgIpc) is 2.65. The molecule has 0 amide bonds. The summed E-state index contributed by atoms with van der Waals surface area (Å²) in [6, 6.07) is 0.430. The molecule has 2 fully saturated rings. The molecule has 6 heteroatoms. The van der Waals surface area contributed by atoms with Gasteiger partial charge in [0, 0.05) is 19.1 Å². The van der Waals surface area contributed by atoms with Gasteiger partial charge < -0.3 is 15.7 Å². The summed E-state index contributed by atoms with van der Waals surface area (Å²) in [5, 5.41) is 12.3. The predicted molar refractivity (Wildman–Crippen MR) is 88.1 cm³/mol. The van der Waals surface area contributed by atoms with E-state index in [0.717, 1.165) is 32.4 Å². The summed E-state index contributed by atoms with van der Waals surface area (Å²) in [6.07, 6.45) is 4.92. The van der Waals surface area contributed by atoms with Gasteiger partial charge in [-0.3, -0.25) is 4.90 Å². The van der Waals surface area contributed by atoms with Crippen molar-refractivity contribution in [3.05, 3.63) is 0 Å². The van der Waals surface area contributed by atoms with Crippen molar-refractivity contribution in [2.75, 3.05) is 19.3 Å². The molecule has 2 rings (SSSR count). The average molecular weight is 315 g/mol. The fourth-order valence-corrected chi connectivity index (χ4v) is 4.80. The first-order valence-corrected chi connectivity index (χ1v) is 8.86. The van der Waals surface area contributed by atoms with Gasteiger partial charge in [0.25, 0.3) is 0 Å². The van der Waals surface area contributed by atoms with Gasteiger partial charge in [-0.25, -0.2) is 0 Å². The number of nitrogens with zero attached hydrogens (tertiary/aromatic N) is 2. The summed E-state index contributed by atoms with van der Waals surface area (Å²) in [7, 11) is 0. The van der Waals surface area contributed by atoms with Crippen LogP contribution in [-0.2, 0) is 4.74 Å². The van der Waals surface area contributed by atoms with Crippen LogP contribution in [0.3, 0.4) is 0 Å². The molecule has 0 radical (unpaired) electrons. The van der Waals surface area contributed by atoms with E-state index in [9.17, 15) is 0 Å². The number of piperidine rings is 1. The summed E-state index contributed by atoms with van der Waals surface area (Å²) in [6.45, 7) is 10.6. The third-order valence-corrected chi connectivity index (χ3v) is 6.44. The molecule has 0 bridgehead atoms. The molecule has 0 aromatic heterocycles. The molecule has 122 valence electrons. The van der Waals surface area contributed by atoms with Crippen molar-refractivity contribution in [1.82, 2.24) is 4.90 Å². The lowest BCUT2D eigenvalue weighted by Crippen LogP contribution is -2.55. The second kappa shape index (κ2) is 5.63. The van der Waals surface area contributed by atoms with Gasteiger partial charge in [-0.05, 0) is 53.2 Å². The Morgan fingerprint density at radius 3 is 2.24 bits per heavy atom. The Balaban J connectivity index is 2.08. The number of thioether (sulfide) groups is 1. The lowest BCUT2D eigenvalue weighted by Gasteiger charge is -2.44. The molecule has 2 heterocycles. The van der Waals surface area contributed by atoms with E-state index in [1.54, 1.807) is 11.8 Å². The topological polar surface area (TPSA) is 71.1 Å². The Morgan fingerprint density at radius 2 is 1.86 bits per heavy atom. The Labute approximate surface area is 132 Å². The maximum absolute atomic E-state index is 9.03. The molecule has 2 saturated heterocycles. The quantitative estimate of drug-likeness (QED) is 0.362. The summed E-state index contributed by atoms with van der Waals surface area (Å²) in [4.78, 5) is 2.52. The van der Waals surface area contributed by atoms with E-state index < -0.39 is 0 Å². The van der Waals surface area contributed by atoms with Gasteiger partial charge in [-0.2, -0.15) is 11.8 Å². The molecule has 0 aliphatic carbocycles. The molecule has 0 aromatic carbocycles. The fraction of sp³-hybridized carbons (Fsp3) is 0.933. The Kier molecular flexibility index (Phi) is 4.53. The number of rotatable bonds is 3. The first-order chi connectivity index (χ1) is 9.66. The van der Waals surface area contributed by atoms with E-state index in [2.05, 4.69) is 37.8 Å². The molecular formula is C15H29N3O2S. The molecule has 0 spiro atoms. The minimum absolute atomic E-state index is 0.0617. The van der Waals surface area contributed by atoms with Gasteiger partial charge >= 0.3 is 0 Å². The summed E-state index contributed by atoms with van der Waals surface area (Å²) >= 11 is 1.70. The lowest BCUT2D eigenvalue weighted by atomic mass is 9.88. The van der Waals surface area contributed by atoms with Crippen molar-refractivity contribution in [3.63, 3.8) is 0 Å². The predicted octanol–water partition coefficient (Wildman–Crippen LogP) is 2.28. The van der Waals surface area contributed by atoms with E-state index in [-0.39, 0.29) is 15.9 Å². The highest BCUT2D eigenvalue weighted by Crippen LogP contribution is 2.43. The van der Waals surface area contributed by atoms with Crippen LogP contribution < -0.4 is 5.73 Å². The molecule has 2 aliphatic heterocycles. The van der Waals surface area contributed by atoms with Crippen LogP contribution >= 0.6 is 11.8 Å². The molecular weight excluding hydrogens is 286 g/mol. The minimum Gasteiger partial charge on any atom is -0.409 e. The van der Waals surface area contributed by atoms with Gasteiger partial charge in [0.2, 0.25) is 0 Å². The second-order valence-corrected chi connectivity index (χ2v) is 8.59. The highest BCUT2D eigenvalue weighted by Gasteiger charge is 2.50. The molecule has 0 aromatic rings. The molecule has 2 aliphatic rings. The number of hydrogen-bond acceptors (Lipinski definition) is 5. The monoisotopic (exact) mass is 315 g/mol. The fourth-order valence-electron chi connectivity index (χ4n) is 3.95. The standard InChI is InChI=1S/C15H29N3O2S/c1-13(2)10-11(14(3,4)20-13)18-8-6-15(21-5,7-9-18)12(16)17-19/h11,19H,6-10H2,1-5H3,(H2,16,17). The van der Waals surface area contributed by atoms with E-state index >= 15 is 0 Å². The van der Waals surface area contributed by atoms with E-state index in [4.69, 9.17) is 15.7 Å². The Bertz CT molecular complexity index is 415. The number of hydrogen-bond donors (Lipinski definition) is 2. The summed E-state index contributed by atoms with van der Waals surface area (Å²) < 4.78 is 6.00. The van der Waals surface area contributed by atoms with Gasteiger partial charge in [-0.1, -0.05) is 5.16 Å². The van der Waals surface area contributed by atoms with Gasteiger partial charge in [0.05, 0.1) is 15.9 Å². The summed E-state index contributed by atoms with van der Waals surface area (Å²) in [5.74, 6) is 0.358. The second-order valence-electron chi connectivity index (χ2n) is 7.40. The smallest absolute Gasteiger partial charge is 0.155 e. The summed E-state index contributed by atoms with van der Waals surface area (Å²) in [5.41, 5.74) is 5.74.